The van der Waals surface area contributed by atoms with Gasteiger partial charge in [0.15, 0.2) is 0 Å². The third-order valence-electron chi connectivity index (χ3n) is 2.83. The minimum absolute atomic E-state index is 0.185. The van der Waals surface area contributed by atoms with Crippen LogP contribution >= 0.6 is 15.9 Å². The summed E-state index contributed by atoms with van der Waals surface area (Å²) in [6, 6.07) is 12.4. The fourth-order valence-electron chi connectivity index (χ4n) is 1.68. The maximum absolute atomic E-state index is 12.0. The Hall–Kier alpha value is -1.81. The van der Waals surface area contributed by atoms with Gasteiger partial charge in [0.05, 0.1) is 0 Å². The van der Waals surface area contributed by atoms with E-state index in [0.29, 0.717) is 11.1 Å². The third kappa shape index (κ3) is 3.35. The molecule has 0 spiro atoms. The normalized spacial score (nSPS) is 10.2. The number of amides is 1. The molecule has 0 atom stereocenters. The van der Waals surface area contributed by atoms with Crippen molar-refractivity contribution >= 4 is 27.5 Å². The molecule has 1 amide bonds. The standard InChI is InChI=1S/C15H14BrNO2/c1-10-8-12(4-7-14(10)18)15(19)17-13-5-2-11(9-16)3-6-13/h2-8,18H,9H2,1H3,(H,17,19). The number of benzene rings is 2. The molecule has 0 heterocycles. The highest BCUT2D eigenvalue weighted by molar-refractivity contribution is 9.08. The zero-order valence-electron chi connectivity index (χ0n) is 10.5. The summed E-state index contributed by atoms with van der Waals surface area (Å²) in [4.78, 5) is 12.0. The zero-order chi connectivity index (χ0) is 13.8. The van der Waals surface area contributed by atoms with Crippen LogP contribution in [0.5, 0.6) is 5.75 Å². The molecule has 0 aromatic heterocycles. The SMILES string of the molecule is Cc1cc(C(=O)Nc2ccc(CBr)cc2)ccc1O. The molecular formula is C15H14BrNO2. The van der Waals surface area contributed by atoms with E-state index in [0.717, 1.165) is 16.6 Å². The summed E-state index contributed by atoms with van der Waals surface area (Å²) in [5.41, 5.74) is 3.11. The quantitative estimate of drug-likeness (QED) is 0.844. The Bertz CT molecular complexity index is 594. The van der Waals surface area contributed by atoms with Crippen LogP contribution in [-0.2, 0) is 5.33 Å². The molecule has 2 rings (SSSR count). The molecule has 2 aromatic rings. The monoisotopic (exact) mass is 319 g/mol. The summed E-state index contributed by atoms with van der Waals surface area (Å²) in [6.45, 7) is 1.76. The largest absolute Gasteiger partial charge is 0.508 e. The van der Waals surface area contributed by atoms with Gasteiger partial charge in [-0.15, -0.1) is 0 Å². The van der Waals surface area contributed by atoms with E-state index in [1.165, 1.54) is 6.07 Å². The average molecular weight is 320 g/mol. The van der Waals surface area contributed by atoms with Crippen LogP contribution in [0, 0.1) is 6.92 Å². The first kappa shape index (κ1) is 13.6. The number of hydrogen-bond acceptors (Lipinski definition) is 2. The molecule has 0 saturated carbocycles. The molecule has 2 aromatic carbocycles. The first-order valence-electron chi connectivity index (χ1n) is 5.86. The number of carbonyl (C=O) groups is 1. The van der Waals surface area contributed by atoms with Crippen molar-refractivity contribution in [3.8, 4) is 5.75 Å². The lowest BCUT2D eigenvalue weighted by Gasteiger charge is -2.07. The Morgan fingerprint density at radius 3 is 2.47 bits per heavy atom. The Morgan fingerprint density at radius 2 is 1.89 bits per heavy atom. The van der Waals surface area contributed by atoms with E-state index < -0.39 is 0 Å². The van der Waals surface area contributed by atoms with E-state index in [9.17, 15) is 9.90 Å². The first-order valence-corrected chi connectivity index (χ1v) is 6.98. The van der Waals surface area contributed by atoms with E-state index >= 15 is 0 Å². The van der Waals surface area contributed by atoms with Crippen molar-refractivity contribution in [2.24, 2.45) is 0 Å². The predicted molar refractivity (Wildman–Crippen MR) is 79.9 cm³/mol. The first-order chi connectivity index (χ1) is 9.10. The van der Waals surface area contributed by atoms with Gasteiger partial charge in [0.2, 0.25) is 0 Å². The molecule has 19 heavy (non-hydrogen) atoms. The fraction of sp³-hybridized carbons (Fsp3) is 0.133. The Labute approximate surface area is 120 Å². The molecule has 2 N–H and O–H groups in total. The number of nitrogens with one attached hydrogen (secondary N) is 1. The maximum atomic E-state index is 12.0. The summed E-state index contributed by atoms with van der Waals surface area (Å²) in [5.74, 6) is 0.00733. The lowest BCUT2D eigenvalue weighted by Crippen LogP contribution is -2.11. The molecular weight excluding hydrogens is 306 g/mol. The molecule has 0 radical (unpaired) electrons. The smallest absolute Gasteiger partial charge is 0.255 e. The van der Waals surface area contributed by atoms with E-state index in [2.05, 4.69) is 21.2 Å². The van der Waals surface area contributed by atoms with Gasteiger partial charge in [0, 0.05) is 16.6 Å². The van der Waals surface area contributed by atoms with Crippen LogP contribution in [0.25, 0.3) is 0 Å². The van der Waals surface area contributed by atoms with E-state index in [1.807, 2.05) is 24.3 Å². The lowest BCUT2D eigenvalue weighted by molar-refractivity contribution is 0.102. The summed E-state index contributed by atoms with van der Waals surface area (Å²) >= 11 is 3.37. The highest BCUT2D eigenvalue weighted by Crippen LogP contribution is 2.18. The molecule has 0 aliphatic carbocycles. The van der Waals surface area contributed by atoms with Gasteiger partial charge in [-0.3, -0.25) is 4.79 Å². The van der Waals surface area contributed by atoms with Gasteiger partial charge in [0.25, 0.3) is 5.91 Å². The molecule has 98 valence electrons. The highest BCUT2D eigenvalue weighted by atomic mass is 79.9. The predicted octanol–water partition coefficient (Wildman–Crippen LogP) is 3.85. The highest BCUT2D eigenvalue weighted by Gasteiger charge is 2.07. The molecule has 4 heteroatoms. The third-order valence-corrected chi connectivity index (χ3v) is 3.47. The van der Waals surface area contributed by atoms with Crippen molar-refractivity contribution in [2.45, 2.75) is 12.3 Å². The van der Waals surface area contributed by atoms with Gasteiger partial charge in [-0.25, -0.2) is 0 Å². The molecule has 0 fully saturated rings. The van der Waals surface area contributed by atoms with Crippen molar-refractivity contribution in [2.75, 3.05) is 5.32 Å². The number of carbonyl (C=O) groups excluding carboxylic acids is 1. The molecule has 0 saturated heterocycles. The number of phenols is 1. The number of aromatic hydroxyl groups is 1. The second-order valence-corrected chi connectivity index (χ2v) is 4.85. The number of phenolic OH excluding ortho intramolecular Hbond substituents is 1. The van der Waals surface area contributed by atoms with Crippen LogP contribution in [0.1, 0.15) is 21.5 Å². The van der Waals surface area contributed by atoms with Crippen LogP contribution in [-0.4, -0.2) is 11.0 Å². The summed E-state index contributed by atoms with van der Waals surface area (Å²) in [7, 11) is 0. The minimum Gasteiger partial charge on any atom is -0.508 e. The topological polar surface area (TPSA) is 49.3 Å². The summed E-state index contributed by atoms with van der Waals surface area (Å²) < 4.78 is 0. The van der Waals surface area contributed by atoms with Crippen molar-refractivity contribution in [3.63, 3.8) is 0 Å². The maximum Gasteiger partial charge on any atom is 0.255 e. The van der Waals surface area contributed by atoms with Crippen molar-refractivity contribution in [1.82, 2.24) is 0 Å². The van der Waals surface area contributed by atoms with Gasteiger partial charge >= 0.3 is 0 Å². The minimum atomic E-state index is -0.185. The van der Waals surface area contributed by atoms with Crippen LogP contribution in [0.4, 0.5) is 5.69 Å². The number of alkyl halides is 1. The Balaban J connectivity index is 2.13. The second-order valence-electron chi connectivity index (χ2n) is 4.29. The number of rotatable bonds is 3. The molecule has 0 bridgehead atoms. The van der Waals surface area contributed by atoms with Gasteiger partial charge < -0.3 is 10.4 Å². The molecule has 3 nitrogen and oxygen atoms in total. The van der Waals surface area contributed by atoms with Crippen molar-refractivity contribution in [3.05, 3.63) is 59.2 Å². The fourth-order valence-corrected chi connectivity index (χ4v) is 2.05. The number of aryl methyl sites for hydroxylation is 1. The Kier molecular flexibility index (Phi) is 4.22. The number of halogens is 1. The van der Waals surface area contributed by atoms with Crippen molar-refractivity contribution in [1.29, 1.82) is 0 Å². The van der Waals surface area contributed by atoms with Crippen LogP contribution in [0.3, 0.4) is 0 Å². The molecule has 0 aliphatic rings. The van der Waals surface area contributed by atoms with Gasteiger partial charge in [-0.1, -0.05) is 28.1 Å². The van der Waals surface area contributed by atoms with Gasteiger partial charge in [0.1, 0.15) is 5.75 Å². The average Bonchev–Trinajstić information content (AvgIpc) is 2.42. The molecule has 0 unspecified atom stereocenters. The lowest BCUT2D eigenvalue weighted by atomic mass is 10.1. The second kappa shape index (κ2) is 5.89. The number of hydrogen-bond donors (Lipinski definition) is 2. The number of anilines is 1. The van der Waals surface area contributed by atoms with E-state index in [1.54, 1.807) is 19.1 Å². The van der Waals surface area contributed by atoms with E-state index in [-0.39, 0.29) is 11.7 Å². The van der Waals surface area contributed by atoms with E-state index in [4.69, 9.17) is 0 Å². The van der Waals surface area contributed by atoms with Crippen LogP contribution in [0.15, 0.2) is 42.5 Å². The van der Waals surface area contributed by atoms with Crippen molar-refractivity contribution < 1.29 is 9.90 Å². The molecule has 0 aliphatic heterocycles. The Morgan fingerprint density at radius 1 is 1.21 bits per heavy atom. The van der Waals surface area contributed by atoms with Gasteiger partial charge in [-0.2, -0.15) is 0 Å². The van der Waals surface area contributed by atoms with Crippen LogP contribution < -0.4 is 5.32 Å². The summed E-state index contributed by atoms with van der Waals surface area (Å²) in [5, 5.41) is 13.0. The van der Waals surface area contributed by atoms with Gasteiger partial charge in [-0.05, 0) is 48.4 Å². The zero-order valence-corrected chi connectivity index (χ0v) is 12.1. The van der Waals surface area contributed by atoms with Crippen LogP contribution in [0.2, 0.25) is 0 Å². The summed E-state index contributed by atoms with van der Waals surface area (Å²) in [6.07, 6.45) is 0.